The Labute approximate surface area is 136 Å². The van der Waals surface area contributed by atoms with E-state index >= 15 is 0 Å². The number of phenols is 1. The van der Waals surface area contributed by atoms with Gasteiger partial charge in [-0.1, -0.05) is 23.9 Å². The zero-order valence-electron chi connectivity index (χ0n) is 12.7. The second-order valence-electron chi connectivity index (χ2n) is 4.72. The number of H-pyrrole nitrogens is 1. The van der Waals surface area contributed by atoms with E-state index in [0.29, 0.717) is 22.0 Å². The molecule has 0 atom stereocenters. The minimum absolute atomic E-state index is 0.0591. The number of carbonyl (C=O) groups is 1. The summed E-state index contributed by atoms with van der Waals surface area (Å²) >= 11 is 1.11. The maximum absolute atomic E-state index is 11.7. The Morgan fingerprint density at radius 2 is 2.17 bits per heavy atom. The Hall–Kier alpha value is -2.61. The quantitative estimate of drug-likeness (QED) is 0.331. The highest BCUT2D eigenvalue weighted by molar-refractivity contribution is 7.99. The zero-order valence-corrected chi connectivity index (χ0v) is 13.5. The fraction of sp³-hybridized carbons (Fsp3) is 0.200. The Bertz CT molecular complexity index is 802. The molecule has 7 nitrogen and oxygen atoms in total. The minimum Gasteiger partial charge on any atom is -0.507 e. The molecule has 120 valence electrons. The molecule has 1 aromatic carbocycles. The third-order valence-corrected chi connectivity index (χ3v) is 3.92. The average Bonchev–Trinajstić information content (AvgIpc) is 2.52. The van der Waals surface area contributed by atoms with Crippen LogP contribution >= 0.6 is 11.8 Å². The smallest absolute Gasteiger partial charge is 0.254 e. The molecule has 1 amide bonds. The molecular formula is C15H16N4O3S. The van der Waals surface area contributed by atoms with Gasteiger partial charge in [0.15, 0.2) is 5.16 Å². The highest BCUT2D eigenvalue weighted by Crippen LogP contribution is 2.13. The molecule has 0 spiro atoms. The van der Waals surface area contributed by atoms with Crippen molar-refractivity contribution in [2.75, 3.05) is 5.75 Å². The van der Waals surface area contributed by atoms with Crippen LogP contribution in [0.1, 0.15) is 16.8 Å². The van der Waals surface area contributed by atoms with E-state index in [1.54, 1.807) is 32.0 Å². The lowest BCUT2D eigenvalue weighted by atomic mass is 10.2. The molecule has 2 rings (SSSR count). The minimum atomic E-state index is -0.345. The summed E-state index contributed by atoms with van der Waals surface area (Å²) in [6, 6.07) is 6.64. The van der Waals surface area contributed by atoms with Gasteiger partial charge in [-0.05, 0) is 26.0 Å². The highest BCUT2D eigenvalue weighted by Gasteiger charge is 2.07. The molecule has 0 saturated carbocycles. The largest absolute Gasteiger partial charge is 0.507 e. The number of hydrogen-bond donors (Lipinski definition) is 3. The molecular weight excluding hydrogens is 316 g/mol. The summed E-state index contributed by atoms with van der Waals surface area (Å²) in [6.45, 7) is 3.43. The Morgan fingerprint density at radius 1 is 1.43 bits per heavy atom. The van der Waals surface area contributed by atoms with Crippen LogP contribution in [0.2, 0.25) is 0 Å². The number of nitrogens with one attached hydrogen (secondary N) is 2. The van der Waals surface area contributed by atoms with Crippen LogP contribution in [0.15, 0.2) is 39.3 Å². The van der Waals surface area contributed by atoms with Gasteiger partial charge >= 0.3 is 0 Å². The van der Waals surface area contributed by atoms with E-state index in [9.17, 15) is 14.7 Å². The van der Waals surface area contributed by atoms with Crippen LogP contribution in [0.25, 0.3) is 0 Å². The molecule has 2 aromatic rings. The topological polar surface area (TPSA) is 107 Å². The van der Waals surface area contributed by atoms with E-state index in [1.807, 2.05) is 0 Å². The van der Waals surface area contributed by atoms with Crippen LogP contribution in [0.4, 0.5) is 0 Å². The van der Waals surface area contributed by atoms with Gasteiger partial charge in [-0.2, -0.15) is 5.10 Å². The lowest BCUT2D eigenvalue weighted by molar-refractivity contribution is -0.118. The van der Waals surface area contributed by atoms with Crippen molar-refractivity contribution in [2.45, 2.75) is 19.0 Å². The first kappa shape index (κ1) is 16.8. The van der Waals surface area contributed by atoms with Gasteiger partial charge in [0, 0.05) is 16.8 Å². The molecule has 0 radical (unpaired) electrons. The van der Waals surface area contributed by atoms with Crippen molar-refractivity contribution in [3.63, 3.8) is 0 Å². The third-order valence-electron chi connectivity index (χ3n) is 3.04. The molecule has 0 fully saturated rings. The molecule has 3 N–H and O–H groups in total. The Morgan fingerprint density at radius 3 is 2.87 bits per heavy atom. The van der Waals surface area contributed by atoms with Crippen molar-refractivity contribution >= 4 is 23.9 Å². The van der Waals surface area contributed by atoms with Crippen molar-refractivity contribution in [1.29, 1.82) is 0 Å². The van der Waals surface area contributed by atoms with E-state index < -0.39 is 0 Å². The fourth-order valence-electron chi connectivity index (χ4n) is 1.62. The molecule has 0 bridgehead atoms. The van der Waals surface area contributed by atoms with Gasteiger partial charge in [-0.3, -0.25) is 9.59 Å². The first-order chi connectivity index (χ1) is 11.0. The number of nitrogens with zero attached hydrogens (tertiary/aromatic N) is 2. The van der Waals surface area contributed by atoms with Crippen LogP contribution in [0, 0.1) is 13.8 Å². The van der Waals surface area contributed by atoms with E-state index in [1.165, 1.54) is 12.3 Å². The van der Waals surface area contributed by atoms with Crippen molar-refractivity contribution in [2.24, 2.45) is 5.10 Å². The molecule has 1 heterocycles. The number of aromatic hydroxyl groups is 1. The molecule has 0 saturated heterocycles. The van der Waals surface area contributed by atoms with Gasteiger partial charge in [0.1, 0.15) is 5.75 Å². The second-order valence-corrected chi connectivity index (χ2v) is 5.69. The number of carbonyl (C=O) groups excluding carboxylic acids is 1. The number of aromatic nitrogens is 2. The zero-order chi connectivity index (χ0) is 16.8. The van der Waals surface area contributed by atoms with Gasteiger partial charge in [0.05, 0.1) is 12.0 Å². The molecule has 0 aliphatic rings. The number of hydrazone groups is 1. The molecule has 8 heteroatoms. The standard InChI is InChI=1S/C15H16N4O3S/c1-9-10(2)17-15(18-14(9)22)23-8-13(21)19-16-7-11-5-3-4-6-12(11)20/h3-7,20H,8H2,1-2H3,(H,19,21)(H,17,18,22)/b16-7+. The molecule has 0 unspecified atom stereocenters. The number of aromatic amines is 1. The maximum Gasteiger partial charge on any atom is 0.254 e. The average molecular weight is 332 g/mol. The van der Waals surface area contributed by atoms with Crippen molar-refractivity contribution in [1.82, 2.24) is 15.4 Å². The van der Waals surface area contributed by atoms with E-state index in [0.717, 1.165) is 11.8 Å². The Balaban J connectivity index is 1.88. The summed E-state index contributed by atoms with van der Waals surface area (Å²) in [5.41, 5.74) is 3.83. The lowest BCUT2D eigenvalue weighted by Crippen LogP contribution is -2.20. The van der Waals surface area contributed by atoms with Gasteiger partial charge in [-0.25, -0.2) is 10.4 Å². The summed E-state index contributed by atoms with van der Waals surface area (Å²) in [5, 5.41) is 13.7. The first-order valence-electron chi connectivity index (χ1n) is 6.77. The number of benzene rings is 1. The molecule has 1 aromatic heterocycles. The van der Waals surface area contributed by atoms with Crippen LogP contribution in [0.3, 0.4) is 0 Å². The van der Waals surface area contributed by atoms with E-state index in [-0.39, 0.29) is 23.0 Å². The normalized spacial score (nSPS) is 10.9. The van der Waals surface area contributed by atoms with Crippen LogP contribution in [0.5, 0.6) is 5.75 Å². The SMILES string of the molecule is Cc1nc(SCC(=O)N/N=C/c2ccccc2O)[nH]c(=O)c1C. The number of rotatable bonds is 5. The monoisotopic (exact) mass is 332 g/mol. The van der Waals surface area contributed by atoms with Crippen LogP contribution < -0.4 is 11.0 Å². The summed E-state index contributed by atoms with van der Waals surface area (Å²) in [5.74, 6) is -0.205. The summed E-state index contributed by atoms with van der Waals surface area (Å²) in [6.07, 6.45) is 1.36. The fourth-order valence-corrected chi connectivity index (χ4v) is 2.32. The number of amides is 1. The summed E-state index contributed by atoms with van der Waals surface area (Å²) in [4.78, 5) is 30.1. The van der Waals surface area contributed by atoms with E-state index in [2.05, 4.69) is 20.5 Å². The van der Waals surface area contributed by atoms with Gasteiger partial charge in [-0.15, -0.1) is 0 Å². The van der Waals surface area contributed by atoms with Gasteiger partial charge in [0.2, 0.25) is 0 Å². The summed E-state index contributed by atoms with van der Waals surface area (Å²) in [7, 11) is 0. The van der Waals surface area contributed by atoms with Gasteiger partial charge < -0.3 is 10.1 Å². The number of hydrogen-bond acceptors (Lipinski definition) is 6. The summed E-state index contributed by atoms with van der Waals surface area (Å²) < 4.78 is 0. The predicted molar refractivity (Wildman–Crippen MR) is 88.9 cm³/mol. The van der Waals surface area contributed by atoms with Crippen molar-refractivity contribution < 1.29 is 9.90 Å². The third kappa shape index (κ3) is 4.68. The lowest BCUT2D eigenvalue weighted by Gasteiger charge is -2.03. The number of aryl methyl sites for hydroxylation is 1. The van der Waals surface area contributed by atoms with E-state index in [4.69, 9.17) is 0 Å². The number of phenolic OH excluding ortho intramolecular Hbond substituents is 1. The number of para-hydroxylation sites is 1. The molecule has 0 aliphatic carbocycles. The van der Waals surface area contributed by atoms with Crippen molar-refractivity contribution in [3.05, 3.63) is 51.4 Å². The number of thioether (sulfide) groups is 1. The van der Waals surface area contributed by atoms with Crippen LogP contribution in [-0.4, -0.2) is 32.9 Å². The van der Waals surface area contributed by atoms with Gasteiger partial charge in [0.25, 0.3) is 11.5 Å². The maximum atomic E-state index is 11.7. The Kier molecular flexibility index (Phi) is 5.53. The second kappa shape index (κ2) is 7.59. The molecule has 23 heavy (non-hydrogen) atoms. The molecule has 0 aliphatic heterocycles. The highest BCUT2D eigenvalue weighted by atomic mass is 32.2. The van der Waals surface area contributed by atoms with Crippen molar-refractivity contribution in [3.8, 4) is 5.75 Å². The predicted octanol–water partition coefficient (Wildman–Crippen LogP) is 1.33. The van der Waals surface area contributed by atoms with Crippen LogP contribution in [-0.2, 0) is 4.79 Å². The first-order valence-corrected chi connectivity index (χ1v) is 7.76.